The molecule has 2 N–H and O–H groups in total. The number of rotatable bonds is 6. The molecule has 1 atom stereocenters. The minimum absolute atomic E-state index is 0.0283. The third-order valence-corrected chi connectivity index (χ3v) is 6.65. The molecule has 2 amide bonds. The van der Waals surface area contributed by atoms with Gasteiger partial charge < -0.3 is 10.2 Å². The summed E-state index contributed by atoms with van der Waals surface area (Å²) in [6.07, 6.45) is 1.60. The van der Waals surface area contributed by atoms with Gasteiger partial charge in [-0.2, -0.15) is 0 Å². The fourth-order valence-corrected chi connectivity index (χ4v) is 4.57. The lowest BCUT2D eigenvalue weighted by Gasteiger charge is -2.33. The smallest absolute Gasteiger partial charge is 0.261 e. The van der Waals surface area contributed by atoms with Crippen LogP contribution in [0, 0.1) is 12.8 Å². The highest BCUT2D eigenvalue weighted by molar-refractivity contribution is 7.92. The Morgan fingerprint density at radius 3 is 2.48 bits per heavy atom. The van der Waals surface area contributed by atoms with Crippen molar-refractivity contribution < 1.29 is 18.0 Å². The maximum Gasteiger partial charge on any atom is 0.261 e. The van der Waals surface area contributed by atoms with Crippen LogP contribution in [0.4, 0.5) is 5.69 Å². The fourth-order valence-electron chi connectivity index (χ4n) is 3.46. The van der Waals surface area contributed by atoms with Crippen LogP contribution < -0.4 is 10.0 Å². The Morgan fingerprint density at radius 1 is 1.10 bits per heavy atom. The first-order chi connectivity index (χ1) is 14.7. The summed E-state index contributed by atoms with van der Waals surface area (Å²) in [6, 6.07) is 13.0. The van der Waals surface area contributed by atoms with Gasteiger partial charge in [-0.25, -0.2) is 8.42 Å². The van der Waals surface area contributed by atoms with Gasteiger partial charge in [-0.15, -0.1) is 0 Å². The third kappa shape index (κ3) is 5.85. The van der Waals surface area contributed by atoms with Crippen molar-refractivity contribution in [1.29, 1.82) is 0 Å². The highest BCUT2D eigenvalue weighted by atomic mass is 32.2. The second-order valence-electron chi connectivity index (χ2n) is 8.25. The topological polar surface area (TPSA) is 95.6 Å². The molecular formula is C23H29N3O4S. The molecular weight excluding hydrogens is 414 g/mol. The number of likely N-dealkylation sites (tertiary alicyclic amines) is 1. The van der Waals surface area contributed by atoms with Gasteiger partial charge in [0.1, 0.15) is 0 Å². The number of nitrogens with zero attached hydrogens (tertiary/aromatic N) is 1. The van der Waals surface area contributed by atoms with Crippen molar-refractivity contribution in [2.75, 3.05) is 17.8 Å². The summed E-state index contributed by atoms with van der Waals surface area (Å²) in [5.41, 5.74) is 1.80. The fraction of sp³-hybridized carbons (Fsp3) is 0.391. The monoisotopic (exact) mass is 443 g/mol. The molecule has 1 unspecified atom stereocenters. The van der Waals surface area contributed by atoms with E-state index in [2.05, 4.69) is 10.0 Å². The molecule has 3 rings (SSSR count). The second kappa shape index (κ2) is 9.51. The maximum absolute atomic E-state index is 13.0. The van der Waals surface area contributed by atoms with Crippen molar-refractivity contribution in [3.05, 3.63) is 59.7 Å². The number of piperidine rings is 1. The molecule has 0 aromatic heterocycles. The van der Waals surface area contributed by atoms with E-state index >= 15 is 0 Å². The summed E-state index contributed by atoms with van der Waals surface area (Å²) in [5, 5.41) is 2.98. The van der Waals surface area contributed by atoms with Gasteiger partial charge in [0.25, 0.3) is 15.9 Å². The highest BCUT2D eigenvalue weighted by Crippen LogP contribution is 2.20. The van der Waals surface area contributed by atoms with E-state index in [1.54, 1.807) is 29.2 Å². The van der Waals surface area contributed by atoms with E-state index < -0.39 is 10.0 Å². The average molecular weight is 444 g/mol. The van der Waals surface area contributed by atoms with Crippen molar-refractivity contribution in [3.63, 3.8) is 0 Å². The van der Waals surface area contributed by atoms with Crippen molar-refractivity contribution in [2.24, 2.45) is 5.92 Å². The first-order valence-electron chi connectivity index (χ1n) is 10.4. The summed E-state index contributed by atoms with van der Waals surface area (Å²) >= 11 is 0. The zero-order valence-corrected chi connectivity index (χ0v) is 18.9. The normalized spacial score (nSPS) is 16.8. The lowest BCUT2D eigenvalue weighted by Crippen LogP contribution is -2.50. The van der Waals surface area contributed by atoms with Gasteiger partial charge in [0, 0.05) is 36.3 Å². The molecule has 2 aromatic rings. The van der Waals surface area contributed by atoms with Gasteiger partial charge in [0.2, 0.25) is 5.91 Å². The van der Waals surface area contributed by atoms with Crippen LogP contribution in [0.2, 0.25) is 0 Å². The second-order valence-corrected chi connectivity index (χ2v) is 9.94. The van der Waals surface area contributed by atoms with Crippen LogP contribution in [0.1, 0.15) is 42.6 Å². The van der Waals surface area contributed by atoms with Crippen LogP contribution in [-0.2, 0) is 14.8 Å². The number of carbonyl (C=O) groups excluding carboxylic acids is 2. The summed E-state index contributed by atoms with van der Waals surface area (Å²) in [6.45, 7) is 6.57. The van der Waals surface area contributed by atoms with E-state index in [-0.39, 0.29) is 28.7 Å². The summed E-state index contributed by atoms with van der Waals surface area (Å²) < 4.78 is 28.1. The van der Waals surface area contributed by atoms with Crippen LogP contribution >= 0.6 is 0 Å². The molecule has 0 spiro atoms. The molecule has 2 aromatic carbocycles. The number of nitrogens with one attached hydrogen (secondary N) is 2. The molecule has 31 heavy (non-hydrogen) atoms. The lowest BCUT2D eigenvalue weighted by molar-refractivity contribution is -0.125. The van der Waals surface area contributed by atoms with Crippen molar-refractivity contribution in [3.8, 4) is 0 Å². The van der Waals surface area contributed by atoms with E-state index in [1.165, 1.54) is 12.1 Å². The largest absolute Gasteiger partial charge is 0.351 e. The number of anilines is 1. The molecule has 1 saturated heterocycles. The van der Waals surface area contributed by atoms with E-state index in [1.807, 2.05) is 32.9 Å². The van der Waals surface area contributed by atoms with Crippen molar-refractivity contribution >= 4 is 27.5 Å². The average Bonchev–Trinajstić information content (AvgIpc) is 2.75. The Hall–Kier alpha value is -2.87. The van der Waals surface area contributed by atoms with E-state index in [9.17, 15) is 18.0 Å². The predicted octanol–water partition coefficient (Wildman–Crippen LogP) is 3.17. The zero-order chi connectivity index (χ0) is 22.6. The van der Waals surface area contributed by atoms with Gasteiger partial charge in [-0.05, 0) is 50.1 Å². The molecule has 0 aliphatic carbocycles. The van der Waals surface area contributed by atoms with Crippen LogP contribution in [-0.4, -0.2) is 44.3 Å². The van der Waals surface area contributed by atoms with Gasteiger partial charge in [0.15, 0.2) is 0 Å². The Kier molecular flexibility index (Phi) is 7.00. The van der Waals surface area contributed by atoms with Gasteiger partial charge in [0.05, 0.1) is 4.90 Å². The molecule has 0 radical (unpaired) electrons. The SMILES string of the molecule is Cc1ccc(NS(=O)(=O)c2cccc(C(=O)N3CCCC(NC(=O)C(C)C)C3)c2)cc1. The van der Waals surface area contributed by atoms with E-state index in [4.69, 9.17) is 0 Å². The molecule has 8 heteroatoms. The van der Waals surface area contributed by atoms with Crippen molar-refractivity contribution in [1.82, 2.24) is 10.2 Å². The Bertz CT molecular complexity index is 1050. The number of carbonyl (C=O) groups is 2. The van der Waals surface area contributed by atoms with Crippen LogP contribution in [0.5, 0.6) is 0 Å². The van der Waals surface area contributed by atoms with Crippen LogP contribution in [0.15, 0.2) is 53.4 Å². The zero-order valence-electron chi connectivity index (χ0n) is 18.1. The molecule has 0 bridgehead atoms. The molecule has 1 fully saturated rings. The van der Waals surface area contributed by atoms with E-state index in [0.717, 1.165) is 18.4 Å². The maximum atomic E-state index is 13.0. The lowest BCUT2D eigenvalue weighted by atomic mass is 10.0. The number of amides is 2. The Morgan fingerprint density at radius 2 is 1.81 bits per heavy atom. The molecule has 0 saturated carbocycles. The molecule has 7 nitrogen and oxygen atoms in total. The van der Waals surface area contributed by atoms with Gasteiger partial charge in [-0.3, -0.25) is 14.3 Å². The van der Waals surface area contributed by atoms with Gasteiger partial charge >= 0.3 is 0 Å². The number of sulfonamides is 1. The van der Waals surface area contributed by atoms with Crippen LogP contribution in [0.25, 0.3) is 0 Å². The Labute approximate surface area is 183 Å². The standard InChI is InChI=1S/C23H29N3O4S/c1-16(2)22(27)24-20-7-5-13-26(15-20)23(28)18-6-4-8-21(14-18)31(29,30)25-19-11-9-17(3)10-12-19/h4,6,8-12,14,16,20,25H,5,7,13,15H2,1-3H3,(H,24,27). The summed E-state index contributed by atoms with van der Waals surface area (Å²) in [7, 11) is -3.83. The number of hydrogen-bond acceptors (Lipinski definition) is 4. The molecule has 1 aliphatic rings. The quantitative estimate of drug-likeness (QED) is 0.717. The van der Waals surface area contributed by atoms with Crippen molar-refractivity contribution in [2.45, 2.75) is 44.6 Å². The van der Waals surface area contributed by atoms with Crippen LogP contribution in [0.3, 0.4) is 0 Å². The molecule has 1 aliphatic heterocycles. The number of hydrogen-bond donors (Lipinski definition) is 2. The summed E-state index contributed by atoms with van der Waals surface area (Å²) in [5.74, 6) is -0.389. The third-order valence-electron chi connectivity index (χ3n) is 5.27. The minimum atomic E-state index is -3.83. The highest BCUT2D eigenvalue weighted by Gasteiger charge is 2.27. The number of aryl methyl sites for hydroxylation is 1. The molecule has 166 valence electrons. The van der Waals surface area contributed by atoms with E-state index in [0.29, 0.717) is 24.3 Å². The summed E-state index contributed by atoms with van der Waals surface area (Å²) in [4.78, 5) is 26.7. The minimum Gasteiger partial charge on any atom is -0.351 e. The number of benzene rings is 2. The Balaban J connectivity index is 1.73. The first-order valence-corrected chi connectivity index (χ1v) is 11.9. The first kappa shape index (κ1) is 22.8. The predicted molar refractivity (Wildman–Crippen MR) is 120 cm³/mol. The van der Waals surface area contributed by atoms with Gasteiger partial charge in [-0.1, -0.05) is 37.6 Å². The molecule has 1 heterocycles.